The summed E-state index contributed by atoms with van der Waals surface area (Å²) >= 11 is 6.04. The second-order valence-electron chi connectivity index (χ2n) is 5.52. The molecule has 3 rings (SSSR count). The molecular weight excluding hydrogens is 305 g/mol. The van der Waals surface area contributed by atoms with Gasteiger partial charge < -0.3 is 4.74 Å². The number of hydrogen-bond donors (Lipinski definition) is 0. The molecular formula is C17H15ClFNO2. The molecule has 1 atom stereocenters. The number of Topliss-reactive ketones (excluding diaryl/α,β-unsaturated/α-hetero) is 1. The third-order valence-electron chi connectivity index (χ3n) is 3.83. The number of aromatic nitrogens is 1. The van der Waals surface area contributed by atoms with Crippen molar-refractivity contribution in [2.75, 3.05) is 0 Å². The highest BCUT2D eigenvalue weighted by molar-refractivity contribution is 6.29. The molecule has 0 saturated heterocycles. The fourth-order valence-electron chi connectivity index (χ4n) is 2.69. The molecule has 0 radical (unpaired) electrons. The summed E-state index contributed by atoms with van der Waals surface area (Å²) in [5.41, 5.74) is 2.79. The lowest BCUT2D eigenvalue weighted by atomic mass is 9.94. The monoisotopic (exact) mass is 319 g/mol. The Morgan fingerprint density at radius 3 is 2.82 bits per heavy atom. The van der Waals surface area contributed by atoms with Gasteiger partial charge in [0.05, 0.1) is 0 Å². The molecule has 1 aliphatic heterocycles. The Balaban J connectivity index is 2.12. The van der Waals surface area contributed by atoms with Crippen LogP contribution in [0.4, 0.5) is 4.39 Å². The number of fused-ring (bicyclic) bond motifs is 1. The zero-order valence-electron chi connectivity index (χ0n) is 12.3. The van der Waals surface area contributed by atoms with Gasteiger partial charge >= 0.3 is 0 Å². The minimum Gasteiger partial charge on any atom is -0.466 e. The molecule has 0 N–H and O–H groups in total. The van der Waals surface area contributed by atoms with E-state index in [4.69, 9.17) is 16.3 Å². The van der Waals surface area contributed by atoms with Gasteiger partial charge in [0.15, 0.2) is 11.9 Å². The number of nitrogens with zero attached hydrogens (tertiary/aromatic N) is 1. The normalized spacial score (nSPS) is 16.8. The van der Waals surface area contributed by atoms with Crippen LogP contribution in [0.5, 0.6) is 5.88 Å². The molecule has 3 nitrogen and oxygen atoms in total. The van der Waals surface area contributed by atoms with E-state index in [2.05, 4.69) is 4.98 Å². The van der Waals surface area contributed by atoms with Crippen LogP contribution < -0.4 is 4.74 Å². The fraction of sp³-hybridized carbons (Fsp3) is 0.294. The molecule has 0 aliphatic carbocycles. The van der Waals surface area contributed by atoms with E-state index < -0.39 is 6.10 Å². The van der Waals surface area contributed by atoms with Crippen LogP contribution in [-0.4, -0.2) is 16.9 Å². The van der Waals surface area contributed by atoms with E-state index in [1.807, 2.05) is 13.0 Å². The van der Waals surface area contributed by atoms with Gasteiger partial charge in [-0.15, -0.1) is 0 Å². The smallest absolute Gasteiger partial charge is 0.219 e. The predicted octanol–water partition coefficient (Wildman–Crippen LogP) is 4.13. The standard InChI is InChI=1S/C17H15ClFNO2/c1-9-3-4-11(14(19)7-9)13-8-16(18)20-17-12(13)5-6-15(22-17)10(2)21/h3-4,7-8,15H,5-6H2,1-2H3. The largest absolute Gasteiger partial charge is 0.466 e. The second-order valence-corrected chi connectivity index (χ2v) is 5.90. The third kappa shape index (κ3) is 2.71. The Bertz CT molecular complexity index is 761. The Kier molecular flexibility index (Phi) is 3.87. The van der Waals surface area contributed by atoms with E-state index >= 15 is 0 Å². The summed E-state index contributed by atoms with van der Waals surface area (Å²) < 4.78 is 19.9. The lowest BCUT2D eigenvalue weighted by molar-refractivity contribution is -0.124. The van der Waals surface area contributed by atoms with Gasteiger partial charge in [-0.05, 0) is 49.9 Å². The maximum Gasteiger partial charge on any atom is 0.219 e. The predicted molar refractivity (Wildman–Crippen MR) is 82.8 cm³/mol. The van der Waals surface area contributed by atoms with Crippen LogP contribution in [0.3, 0.4) is 0 Å². The van der Waals surface area contributed by atoms with E-state index in [9.17, 15) is 9.18 Å². The van der Waals surface area contributed by atoms with Gasteiger partial charge in [-0.1, -0.05) is 23.7 Å². The van der Waals surface area contributed by atoms with Gasteiger partial charge in [0.1, 0.15) is 11.0 Å². The first-order valence-electron chi connectivity index (χ1n) is 7.08. The molecule has 22 heavy (non-hydrogen) atoms. The number of pyridine rings is 1. The van der Waals surface area contributed by atoms with Crippen LogP contribution in [0.2, 0.25) is 5.15 Å². The molecule has 2 aromatic rings. The summed E-state index contributed by atoms with van der Waals surface area (Å²) in [6.07, 6.45) is 0.660. The Labute approximate surface area is 133 Å². The first kappa shape index (κ1) is 15.0. The van der Waals surface area contributed by atoms with Crippen LogP contribution in [0, 0.1) is 12.7 Å². The van der Waals surface area contributed by atoms with Gasteiger partial charge in [0.2, 0.25) is 5.88 Å². The van der Waals surface area contributed by atoms with Crippen LogP contribution in [-0.2, 0) is 11.2 Å². The van der Waals surface area contributed by atoms with E-state index in [0.717, 1.165) is 11.1 Å². The van der Waals surface area contributed by atoms with Crippen molar-refractivity contribution in [1.29, 1.82) is 0 Å². The summed E-state index contributed by atoms with van der Waals surface area (Å²) in [4.78, 5) is 15.6. The molecule has 1 aromatic carbocycles. The third-order valence-corrected chi connectivity index (χ3v) is 4.03. The number of halogens is 2. The van der Waals surface area contributed by atoms with Crippen molar-refractivity contribution in [3.05, 3.63) is 46.4 Å². The molecule has 2 heterocycles. The maximum absolute atomic E-state index is 14.3. The van der Waals surface area contributed by atoms with Gasteiger partial charge in [0.25, 0.3) is 0 Å². The number of ether oxygens (including phenoxy) is 1. The summed E-state index contributed by atoms with van der Waals surface area (Å²) in [5, 5.41) is 0.220. The van der Waals surface area contributed by atoms with Crippen molar-refractivity contribution in [1.82, 2.24) is 4.98 Å². The first-order chi connectivity index (χ1) is 10.5. The second kappa shape index (κ2) is 5.69. The van der Waals surface area contributed by atoms with Gasteiger partial charge in [0, 0.05) is 11.1 Å². The molecule has 1 aliphatic rings. The number of rotatable bonds is 2. The Morgan fingerprint density at radius 1 is 1.36 bits per heavy atom. The topological polar surface area (TPSA) is 39.2 Å². The highest BCUT2D eigenvalue weighted by atomic mass is 35.5. The Hall–Kier alpha value is -1.94. The Morgan fingerprint density at radius 2 is 2.14 bits per heavy atom. The highest BCUT2D eigenvalue weighted by Gasteiger charge is 2.27. The minimum absolute atomic E-state index is 0.0458. The van der Waals surface area contributed by atoms with Crippen LogP contribution in [0.15, 0.2) is 24.3 Å². The summed E-state index contributed by atoms with van der Waals surface area (Å²) in [6, 6.07) is 6.71. The molecule has 0 amide bonds. The molecule has 5 heteroatoms. The van der Waals surface area contributed by atoms with Crippen molar-refractivity contribution in [3.63, 3.8) is 0 Å². The van der Waals surface area contributed by atoms with Crippen molar-refractivity contribution in [3.8, 4) is 17.0 Å². The molecule has 114 valence electrons. The number of aryl methyl sites for hydroxylation is 1. The van der Waals surface area contributed by atoms with Crippen molar-refractivity contribution in [2.45, 2.75) is 32.8 Å². The first-order valence-corrected chi connectivity index (χ1v) is 7.46. The number of carbonyl (C=O) groups excluding carboxylic acids is 1. The number of benzene rings is 1. The van der Waals surface area contributed by atoms with Crippen molar-refractivity contribution >= 4 is 17.4 Å². The molecule has 1 unspecified atom stereocenters. The molecule has 0 bridgehead atoms. The van der Waals surface area contributed by atoms with Crippen molar-refractivity contribution < 1.29 is 13.9 Å². The van der Waals surface area contributed by atoms with E-state index in [0.29, 0.717) is 29.8 Å². The van der Waals surface area contributed by atoms with Gasteiger partial charge in [-0.2, -0.15) is 0 Å². The molecule has 0 spiro atoms. The maximum atomic E-state index is 14.3. The van der Waals surface area contributed by atoms with E-state index in [1.165, 1.54) is 13.0 Å². The van der Waals surface area contributed by atoms with Gasteiger partial charge in [-0.25, -0.2) is 9.37 Å². The number of carbonyl (C=O) groups is 1. The SMILES string of the molecule is CC(=O)C1CCc2c(-c3ccc(C)cc3F)cc(Cl)nc2O1. The van der Waals surface area contributed by atoms with Crippen LogP contribution in [0.25, 0.3) is 11.1 Å². The number of hydrogen-bond acceptors (Lipinski definition) is 3. The number of ketones is 1. The summed E-state index contributed by atoms with van der Waals surface area (Å²) in [6.45, 7) is 3.32. The average Bonchev–Trinajstić information content (AvgIpc) is 2.45. The zero-order chi connectivity index (χ0) is 15.9. The summed E-state index contributed by atoms with van der Waals surface area (Å²) in [5.74, 6) is -0.0254. The molecule has 1 aromatic heterocycles. The lowest BCUT2D eigenvalue weighted by Gasteiger charge is -2.25. The fourth-order valence-corrected chi connectivity index (χ4v) is 2.88. The molecule has 0 fully saturated rings. The summed E-state index contributed by atoms with van der Waals surface area (Å²) in [7, 11) is 0. The lowest BCUT2D eigenvalue weighted by Crippen LogP contribution is -2.30. The highest BCUT2D eigenvalue weighted by Crippen LogP contribution is 2.37. The van der Waals surface area contributed by atoms with Crippen LogP contribution >= 0.6 is 11.6 Å². The van der Waals surface area contributed by atoms with E-state index in [1.54, 1.807) is 12.1 Å². The zero-order valence-corrected chi connectivity index (χ0v) is 13.1. The minimum atomic E-state index is -0.505. The van der Waals surface area contributed by atoms with Crippen molar-refractivity contribution in [2.24, 2.45) is 0 Å². The average molecular weight is 320 g/mol. The quantitative estimate of drug-likeness (QED) is 0.781. The van der Waals surface area contributed by atoms with Gasteiger partial charge in [-0.3, -0.25) is 4.79 Å². The van der Waals surface area contributed by atoms with E-state index in [-0.39, 0.29) is 16.8 Å². The van der Waals surface area contributed by atoms with Crippen LogP contribution in [0.1, 0.15) is 24.5 Å². The molecule has 0 saturated carbocycles.